The number of H-pyrrole nitrogens is 1. The van der Waals surface area contributed by atoms with Gasteiger partial charge in [-0.15, -0.1) is 5.10 Å². The molecule has 1 N–H and O–H groups in total. The van der Waals surface area contributed by atoms with Crippen LogP contribution in [0.5, 0.6) is 0 Å². The van der Waals surface area contributed by atoms with Gasteiger partial charge < -0.3 is 0 Å². The van der Waals surface area contributed by atoms with Gasteiger partial charge in [0.15, 0.2) is 17.1 Å². The Labute approximate surface area is 119 Å². The quantitative estimate of drug-likeness (QED) is 0.609. The van der Waals surface area contributed by atoms with Gasteiger partial charge in [0.05, 0.1) is 11.6 Å². The fraction of sp³-hybridized carbons (Fsp3) is 0.200. The minimum absolute atomic E-state index is 0.411. The number of nitrogens with zero attached hydrogens (tertiary/aromatic N) is 5. The molecule has 0 spiro atoms. The molecule has 3 aromatic heterocycles. The lowest BCUT2D eigenvalue weighted by atomic mass is 10.1. The summed E-state index contributed by atoms with van der Waals surface area (Å²) in [6, 6.07) is 10.6. The highest BCUT2D eigenvalue weighted by molar-refractivity contribution is 5.87. The first-order chi connectivity index (χ1) is 10.4. The molecule has 0 unspecified atom stereocenters. The molecule has 0 saturated heterocycles. The minimum atomic E-state index is 0.411. The number of hydrogen-bond acceptors (Lipinski definition) is 4. The van der Waals surface area contributed by atoms with Crippen LogP contribution in [-0.4, -0.2) is 29.8 Å². The summed E-state index contributed by atoms with van der Waals surface area (Å²) in [6.45, 7) is 0. The minimum Gasteiger partial charge on any atom is -0.261 e. The molecule has 2 atom stereocenters. The number of benzene rings is 1. The number of aromatic amines is 1. The Morgan fingerprint density at radius 2 is 2.05 bits per heavy atom. The van der Waals surface area contributed by atoms with E-state index >= 15 is 0 Å². The van der Waals surface area contributed by atoms with E-state index in [-0.39, 0.29) is 0 Å². The zero-order chi connectivity index (χ0) is 13.8. The van der Waals surface area contributed by atoms with Gasteiger partial charge in [-0.1, -0.05) is 30.3 Å². The summed E-state index contributed by atoms with van der Waals surface area (Å²) in [4.78, 5) is 8.98. The van der Waals surface area contributed by atoms with Crippen molar-refractivity contribution in [2.24, 2.45) is 0 Å². The summed E-state index contributed by atoms with van der Waals surface area (Å²) >= 11 is 0. The average molecular weight is 276 g/mol. The third kappa shape index (κ3) is 1.59. The van der Waals surface area contributed by atoms with Crippen LogP contribution in [-0.2, 0) is 0 Å². The van der Waals surface area contributed by atoms with Gasteiger partial charge in [0, 0.05) is 5.92 Å². The standard InChI is InChI=1S/C15H12N6/c1-2-4-9(5-3-1)10-6-11(10)14-18-15-12-7-17-19-13(12)16-8-21(15)20-14/h1-5,7-8,10-11H,6H2,(H,17,19)/t10-,11-/m1/s1. The lowest BCUT2D eigenvalue weighted by Gasteiger charge is -1.96. The molecule has 3 heterocycles. The van der Waals surface area contributed by atoms with Gasteiger partial charge >= 0.3 is 0 Å². The Hall–Kier alpha value is -2.76. The number of aromatic nitrogens is 6. The van der Waals surface area contributed by atoms with Crippen LogP contribution in [0.15, 0.2) is 42.9 Å². The molecular formula is C15H12N6. The van der Waals surface area contributed by atoms with E-state index in [1.165, 1.54) is 5.56 Å². The molecule has 1 aliphatic carbocycles. The first kappa shape index (κ1) is 11.0. The molecule has 6 nitrogen and oxygen atoms in total. The van der Waals surface area contributed by atoms with Gasteiger partial charge in [-0.2, -0.15) is 5.10 Å². The Morgan fingerprint density at radius 3 is 2.95 bits per heavy atom. The Kier molecular flexibility index (Phi) is 2.02. The molecule has 6 heteroatoms. The normalized spacial score (nSPS) is 21.1. The van der Waals surface area contributed by atoms with Crippen LogP contribution in [0.4, 0.5) is 0 Å². The van der Waals surface area contributed by atoms with Gasteiger partial charge in [-0.3, -0.25) is 5.10 Å². The molecule has 1 aromatic carbocycles. The molecule has 0 amide bonds. The van der Waals surface area contributed by atoms with Gasteiger partial charge in [0.1, 0.15) is 6.33 Å². The SMILES string of the molecule is c1ccc([C@H]2C[C@H]2c2nc3c4cn[nH]c4ncn3n2)cc1. The maximum Gasteiger partial charge on any atom is 0.170 e. The smallest absolute Gasteiger partial charge is 0.170 e. The molecule has 0 aliphatic heterocycles. The zero-order valence-electron chi connectivity index (χ0n) is 11.1. The highest BCUT2D eigenvalue weighted by Gasteiger charge is 2.42. The Bertz CT molecular complexity index is 939. The van der Waals surface area contributed by atoms with Crippen LogP contribution in [0.25, 0.3) is 16.7 Å². The van der Waals surface area contributed by atoms with Crippen molar-refractivity contribution in [3.63, 3.8) is 0 Å². The summed E-state index contributed by atoms with van der Waals surface area (Å²) in [5, 5.41) is 12.4. The molecule has 1 saturated carbocycles. The Balaban J connectivity index is 1.57. The summed E-state index contributed by atoms with van der Waals surface area (Å²) in [6.07, 6.45) is 4.55. The van der Waals surface area contributed by atoms with E-state index in [1.807, 2.05) is 6.07 Å². The van der Waals surface area contributed by atoms with Crippen molar-refractivity contribution in [2.75, 3.05) is 0 Å². The van der Waals surface area contributed by atoms with Gasteiger partial charge in [-0.05, 0) is 17.9 Å². The summed E-state index contributed by atoms with van der Waals surface area (Å²) in [7, 11) is 0. The van der Waals surface area contributed by atoms with Crippen LogP contribution in [0.1, 0.15) is 29.6 Å². The summed E-state index contributed by atoms with van der Waals surface area (Å²) < 4.78 is 1.74. The van der Waals surface area contributed by atoms with E-state index < -0.39 is 0 Å². The second-order valence-corrected chi connectivity index (χ2v) is 5.47. The summed E-state index contributed by atoms with van der Waals surface area (Å²) in [5.41, 5.74) is 2.94. The third-order valence-electron chi connectivity index (χ3n) is 4.15. The van der Waals surface area contributed by atoms with Gasteiger partial charge in [-0.25, -0.2) is 14.5 Å². The topological polar surface area (TPSA) is 71.8 Å². The lowest BCUT2D eigenvalue weighted by Crippen LogP contribution is -1.91. The van der Waals surface area contributed by atoms with Crippen LogP contribution in [0.2, 0.25) is 0 Å². The number of nitrogens with one attached hydrogen (secondary N) is 1. The second kappa shape index (κ2) is 3.88. The third-order valence-corrected chi connectivity index (χ3v) is 4.15. The maximum atomic E-state index is 4.70. The van der Waals surface area contributed by atoms with Gasteiger partial charge in [0.25, 0.3) is 0 Å². The van der Waals surface area contributed by atoms with E-state index in [1.54, 1.807) is 17.0 Å². The predicted molar refractivity (Wildman–Crippen MR) is 77.0 cm³/mol. The molecule has 1 aliphatic rings. The number of rotatable bonds is 2. The van der Waals surface area contributed by atoms with Crippen LogP contribution in [0, 0.1) is 0 Å². The van der Waals surface area contributed by atoms with E-state index in [0.29, 0.717) is 11.8 Å². The molecule has 0 bridgehead atoms. The molecular weight excluding hydrogens is 264 g/mol. The van der Waals surface area contributed by atoms with E-state index in [0.717, 1.165) is 28.9 Å². The molecule has 0 radical (unpaired) electrons. The number of hydrogen-bond donors (Lipinski definition) is 1. The second-order valence-electron chi connectivity index (χ2n) is 5.47. The van der Waals surface area contributed by atoms with Crippen LogP contribution >= 0.6 is 0 Å². The molecule has 5 rings (SSSR count). The van der Waals surface area contributed by atoms with Crippen molar-refractivity contribution >= 4 is 16.7 Å². The van der Waals surface area contributed by atoms with Crippen LogP contribution < -0.4 is 0 Å². The fourth-order valence-electron chi connectivity index (χ4n) is 2.96. The van der Waals surface area contributed by atoms with Crippen LogP contribution in [0.3, 0.4) is 0 Å². The molecule has 4 aromatic rings. The van der Waals surface area contributed by atoms with Crippen molar-refractivity contribution < 1.29 is 0 Å². The lowest BCUT2D eigenvalue weighted by molar-refractivity contribution is 0.849. The molecule has 1 fully saturated rings. The van der Waals surface area contributed by atoms with E-state index in [4.69, 9.17) is 4.98 Å². The predicted octanol–water partition coefficient (Wildman–Crippen LogP) is 2.27. The Morgan fingerprint density at radius 1 is 1.14 bits per heavy atom. The maximum absolute atomic E-state index is 4.70. The highest BCUT2D eigenvalue weighted by atomic mass is 15.3. The van der Waals surface area contributed by atoms with Crippen molar-refractivity contribution in [3.8, 4) is 0 Å². The largest absolute Gasteiger partial charge is 0.261 e. The summed E-state index contributed by atoms with van der Waals surface area (Å²) in [5.74, 6) is 1.85. The van der Waals surface area contributed by atoms with Crippen molar-refractivity contribution in [1.29, 1.82) is 0 Å². The fourth-order valence-corrected chi connectivity index (χ4v) is 2.96. The zero-order valence-corrected chi connectivity index (χ0v) is 11.1. The van der Waals surface area contributed by atoms with E-state index in [9.17, 15) is 0 Å². The van der Waals surface area contributed by atoms with Crippen molar-refractivity contribution in [1.82, 2.24) is 29.8 Å². The van der Waals surface area contributed by atoms with E-state index in [2.05, 4.69) is 44.5 Å². The molecule has 21 heavy (non-hydrogen) atoms. The number of fused-ring (bicyclic) bond motifs is 3. The first-order valence-electron chi connectivity index (χ1n) is 6.99. The molecule has 102 valence electrons. The van der Waals surface area contributed by atoms with Crippen molar-refractivity contribution in [3.05, 3.63) is 54.2 Å². The highest BCUT2D eigenvalue weighted by Crippen LogP contribution is 2.53. The van der Waals surface area contributed by atoms with Gasteiger partial charge in [0.2, 0.25) is 0 Å². The first-order valence-corrected chi connectivity index (χ1v) is 6.99. The average Bonchev–Trinajstić information content (AvgIpc) is 2.98. The monoisotopic (exact) mass is 276 g/mol. The van der Waals surface area contributed by atoms with Crippen molar-refractivity contribution in [2.45, 2.75) is 18.3 Å².